The number of nitrogens with one attached hydrogen (secondary N) is 2. The van der Waals surface area contributed by atoms with Crippen LogP contribution in [-0.2, 0) is 6.18 Å². The normalized spacial score (nSPS) is 12.4. The van der Waals surface area contributed by atoms with E-state index in [1.807, 2.05) is 6.92 Å². The number of alkyl halides is 3. The highest BCUT2D eigenvalue weighted by atomic mass is 19.4. The molecule has 0 aliphatic rings. The highest BCUT2D eigenvalue weighted by Crippen LogP contribution is 2.30. The van der Waals surface area contributed by atoms with E-state index in [-0.39, 0.29) is 17.0 Å². The van der Waals surface area contributed by atoms with Crippen LogP contribution in [0.3, 0.4) is 0 Å². The highest BCUT2D eigenvalue weighted by Gasteiger charge is 2.31. The van der Waals surface area contributed by atoms with Gasteiger partial charge in [-0.25, -0.2) is 4.98 Å². The standard InChI is InChI=1S/C19H21F3N4O2/c1-4-5-25-18(28)16-15(23-6-7-24-16)12(3)26-17(27)13-8-11(2)9-14(10-13)19(20,21)22/h6-10,12H,4-5H2,1-3H3,(H,25,28)(H,26,27). The first kappa shape index (κ1) is 21.3. The fraction of sp³-hybridized carbons (Fsp3) is 0.368. The number of aromatic nitrogens is 2. The second kappa shape index (κ2) is 8.81. The van der Waals surface area contributed by atoms with E-state index in [0.29, 0.717) is 12.1 Å². The summed E-state index contributed by atoms with van der Waals surface area (Å²) in [5, 5.41) is 5.26. The Hall–Kier alpha value is -2.97. The van der Waals surface area contributed by atoms with Crippen molar-refractivity contribution in [2.75, 3.05) is 6.54 Å². The fourth-order valence-corrected chi connectivity index (χ4v) is 2.59. The third kappa shape index (κ3) is 5.28. The van der Waals surface area contributed by atoms with E-state index in [4.69, 9.17) is 0 Å². The molecule has 1 heterocycles. The number of amides is 2. The quantitative estimate of drug-likeness (QED) is 0.786. The number of carbonyl (C=O) groups is 2. The first-order valence-corrected chi connectivity index (χ1v) is 8.72. The Labute approximate surface area is 160 Å². The van der Waals surface area contributed by atoms with Crippen LogP contribution in [0.5, 0.6) is 0 Å². The zero-order valence-corrected chi connectivity index (χ0v) is 15.7. The van der Waals surface area contributed by atoms with Gasteiger partial charge in [-0.2, -0.15) is 13.2 Å². The number of hydrogen-bond donors (Lipinski definition) is 2. The van der Waals surface area contributed by atoms with Crippen LogP contribution < -0.4 is 10.6 Å². The van der Waals surface area contributed by atoms with E-state index in [9.17, 15) is 22.8 Å². The minimum absolute atomic E-state index is 0.0592. The van der Waals surface area contributed by atoms with Crippen molar-refractivity contribution in [3.63, 3.8) is 0 Å². The monoisotopic (exact) mass is 394 g/mol. The molecule has 0 aliphatic carbocycles. The average molecular weight is 394 g/mol. The van der Waals surface area contributed by atoms with Crippen molar-refractivity contribution in [3.05, 3.63) is 58.7 Å². The zero-order chi connectivity index (χ0) is 20.9. The Bertz CT molecular complexity index is 868. The van der Waals surface area contributed by atoms with Crippen LogP contribution in [0.2, 0.25) is 0 Å². The van der Waals surface area contributed by atoms with E-state index < -0.39 is 29.6 Å². The van der Waals surface area contributed by atoms with Crippen molar-refractivity contribution in [2.45, 2.75) is 39.4 Å². The van der Waals surface area contributed by atoms with Gasteiger partial charge in [0.15, 0.2) is 5.69 Å². The number of aryl methyl sites for hydroxylation is 1. The molecule has 9 heteroatoms. The lowest BCUT2D eigenvalue weighted by atomic mass is 10.0. The second-order valence-electron chi connectivity index (χ2n) is 6.33. The number of hydrogen-bond acceptors (Lipinski definition) is 4. The molecule has 28 heavy (non-hydrogen) atoms. The van der Waals surface area contributed by atoms with Crippen LogP contribution in [0.15, 0.2) is 30.6 Å². The lowest BCUT2D eigenvalue weighted by Gasteiger charge is -2.17. The average Bonchev–Trinajstić information content (AvgIpc) is 2.64. The zero-order valence-electron chi connectivity index (χ0n) is 15.7. The summed E-state index contributed by atoms with van der Waals surface area (Å²) in [7, 11) is 0. The largest absolute Gasteiger partial charge is 0.416 e. The Balaban J connectivity index is 2.24. The minimum atomic E-state index is -4.55. The molecule has 6 nitrogen and oxygen atoms in total. The molecular weight excluding hydrogens is 373 g/mol. The van der Waals surface area contributed by atoms with Gasteiger partial charge >= 0.3 is 6.18 Å². The van der Waals surface area contributed by atoms with E-state index in [1.165, 1.54) is 25.4 Å². The Morgan fingerprint density at radius 1 is 1.11 bits per heavy atom. The maximum absolute atomic E-state index is 13.0. The van der Waals surface area contributed by atoms with Crippen molar-refractivity contribution in [2.24, 2.45) is 0 Å². The van der Waals surface area contributed by atoms with Crippen molar-refractivity contribution in [1.82, 2.24) is 20.6 Å². The molecular formula is C19H21F3N4O2. The molecule has 0 saturated carbocycles. The molecule has 0 aliphatic heterocycles. The molecule has 2 amide bonds. The van der Waals surface area contributed by atoms with Crippen molar-refractivity contribution >= 4 is 11.8 Å². The van der Waals surface area contributed by atoms with Gasteiger partial charge in [0.1, 0.15) is 0 Å². The number of nitrogens with zero attached hydrogens (tertiary/aromatic N) is 2. The first-order valence-electron chi connectivity index (χ1n) is 8.72. The van der Waals surface area contributed by atoms with Crippen LogP contribution >= 0.6 is 0 Å². The third-order valence-electron chi connectivity index (χ3n) is 3.90. The molecule has 1 unspecified atom stereocenters. The van der Waals surface area contributed by atoms with Crippen molar-refractivity contribution < 1.29 is 22.8 Å². The number of benzene rings is 1. The summed E-state index contributed by atoms with van der Waals surface area (Å²) in [5.74, 6) is -1.13. The van der Waals surface area contributed by atoms with Gasteiger partial charge in [-0.1, -0.05) is 6.92 Å². The van der Waals surface area contributed by atoms with Crippen LogP contribution in [0, 0.1) is 6.92 Å². The summed E-state index contributed by atoms with van der Waals surface area (Å²) in [6, 6.07) is 2.39. The fourth-order valence-electron chi connectivity index (χ4n) is 2.59. The summed E-state index contributed by atoms with van der Waals surface area (Å²) in [6.07, 6.45) is -1.08. The van der Waals surface area contributed by atoms with Crippen LogP contribution in [0.1, 0.15) is 64.0 Å². The molecule has 2 aromatic rings. The Morgan fingerprint density at radius 2 is 1.79 bits per heavy atom. The smallest absolute Gasteiger partial charge is 0.351 e. The van der Waals surface area contributed by atoms with E-state index in [1.54, 1.807) is 6.92 Å². The predicted octanol–water partition coefficient (Wildman–Crippen LogP) is 3.43. The number of halogens is 3. The van der Waals surface area contributed by atoms with Gasteiger partial charge in [0.2, 0.25) is 0 Å². The molecule has 0 saturated heterocycles. The molecule has 1 aromatic carbocycles. The van der Waals surface area contributed by atoms with Gasteiger partial charge in [0.05, 0.1) is 17.3 Å². The molecule has 150 valence electrons. The highest BCUT2D eigenvalue weighted by molar-refractivity contribution is 5.96. The molecule has 1 atom stereocenters. The second-order valence-corrected chi connectivity index (χ2v) is 6.33. The maximum Gasteiger partial charge on any atom is 0.416 e. The lowest BCUT2D eigenvalue weighted by molar-refractivity contribution is -0.137. The van der Waals surface area contributed by atoms with Gasteiger partial charge in [0, 0.05) is 24.5 Å². The van der Waals surface area contributed by atoms with Gasteiger partial charge in [-0.3, -0.25) is 14.6 Å². The topological polar surface area (TPSA) is 84.0 Å². The Morgan fingerprint density at radius 3 is 2.43 bits per heavy atom. The molecule has 0 radical (unpaired) electrons. The van der Waals surface area contributed by atoms with E-state index in [2.05, 4.69) is 20.6 Å². The molecule has 0 bridgehead atoms. The summed E-state index contributed by atoms with van der Waals surface area (Å²) in [4.78, 5) is 32.8. The van der Waals surface area contributed by atoms with Crippen molar-refractivity contribution in [3.8, 4) is 0 Å². The minimum Gasteiger partial charge on any atom is -0.351 e. The first-order chi connectivity index (χ1) is 13.1. The van der Waals surface area contributed by atoms with Crippen LogP contribution in [-0.4, -0.2) is 28.3 Å². The third-order valence-corrected chi connectivity index (χ3v) is 3.90. The maximum atomic E-state index is 13.0. The number of carbonyl (C=O) groups excluding carboxylic acids is 2. The molecule has 0 fully saturated rings. The van der Waals surface area contributed by atoms with Gasteiger partial charge in [0.25, 0.3) is 11.8 Å². The van der Waals surface area contributed by atoms with Gasteiger partial charge < -0.3 is 10.6 Å². The predicted molar refractivity (Wildman–Crippen MR) is 96.7 cm³/mol. The summed E-state index contributed by atoms with van der Waals surface area (Å²) >= 11 is 0. The summed E-state index contributed by atoms with van der Waals surface area (Å²) in [6.45, 7) is 5.42. The number of rotatable bonds is 6. The summed E-state index contributed by atoms with van der Waals surface area (Å²) < 4.78 is 39.0. The van der Waals surface area contributed by atoms with E-state index in [0.717, 1.165) is 18.6 Å². The SMILES string of the molecule is CCCNC(=O)c1nccnc1C(C)NC(=O)c1cc(C)cc(C(F)(F)F)c1. The van der Waals surface area contributed by atoms with E-state index >= 15 is 0 Å². The van der Waals surface area contributed by atoms with Crippen LogP contribution in [0.25, 0.3) is 0 Å². The molecule has 2 rings (SSSR count). The molecule has 2 N–H and O–H groups in total. The van der Waals surface area contributed by atoms with Gasteiger partial charge in [-0.15, -0.1) is 0 Å². The van der Waals surface area contributed by atoms with Crippen molar-refractivity contribution in [1.29, 1.82) is 0 Å². The Kier molecular flexibility index (Phi) is 6.71. The lowest BCUT2D eigenvalue weighted by Crippen LogP contribution is -2.32. The van der Waals surface area contributed by atoms with Gasteiger partial charge in [-0.05, 0) is 44.0 Å². The van der Waals surface area contributed by atoms with Crippen LogP contribution in [0.4, 0.5) is 13.2 Å². The molecule has 0 spiro atoms. The molecule has 1 aromatic heterocycles. The summed E-state index contributed by atoms with van der Waals surface area (Å²) in [5.41, 5.74) is -0.423.